The first kappa shape index (κ1) is 7.76. The van der Waals surface area contributed by atoms with Crippen molar-refractivity contribution in [3.63, 3.8) is 0 Å². The van der Waals surface area contributed by atoms with E-state index in [0.29, 0.717) is 6.04 Å². The van der Waals surface area contributed by atoms with Gasteiger partial charge in [0.1, 0.15) is 0 Å². The minimum atomic E-state index is 0.573. The molecule has 0 amide bonds. The third-order valence-corrected chi connectivity index (χ3v) is 1.76. The molecule has 1 heterocycles. The van der Waals surface area contributed by atoms with Crippen molar-refractivity contribution in [2.24, 2.45) is 0 Å². The van der Waals surface area contributed by atoms with Crippen LogP contribution in [0.25, 0.3) is 0 Å². The fourth-order valence-corrected chi connectivity index (χ4v) is 1.27. The van der Waals surface area contributed by atoms with Crippen molar-refractivity contribution in [3.05, 3.63) is 12.2 Å². The average molecular weight is 140 g/mol. The van der Waals surface area contributed by atoms with Gasteiger partial charge in [0.15, 0.2) is 0 Å². The standard InChI is InChI=1S/C8H16N2/c1-3-9-8-5-4-6-10(2)7-8/h4-5,8-9H,3,6-7H2,1-2H3. The van der Waals surface area contributed by atoms with Crippen LogP contribution in [0.2, 0.25) is 0 Å². The van der Waals surface area contributed by atoms with E-state index in [0.717, 1.165) is 19.6 Å². The molecule has 0 radical (unpaired) electrons. The lowest BCUT2D eigenvalue weighted by Gasteiger charge is -2.25. The number of hydrogen-bond donors (Lipinski definition) is 1. The van der Waals surface area contributed by atoms with Crippen LogP contribution in [0.1, 0.15) is 6.92 Å². The van der Waals surface area contributed by atoms with E-state index in [1.165, 1.54) is 0 Å². The summed E-state index contributed by atoms with van der Waals surface area (Å²) < 4.78 is 0. The summed E-state index contributed by atoms with van der Waals surface area (Å²) in [5, 5.41) is 3.39. The van der Waals surface area contributed by atoms with Crippen LogP contribution < -0.4 is 5.32 Å². The van der Waals surface area contributed by atoms with Crippen molar-refractivity contribution in [2.75, 3.05) is 26.7 Å². The van der Waals surface area contributed by atoms with Crippen molar-refractivity contribution in [1.29, 1.82) is 0 Å². The second-order valence-electron chi connectivity index (χ2n) is 2.81. The molecule has 0 aromatic carbocycles. The predicted octanol–water partition coefficient (Wildman–Crippen LogP) is 0.466. The summed E-state index contributed by atoms with van der Waals surface area (Å²) in [7, 11) is 2.15. The Bertz CT molecular complexity index is 120. The van der Waals surface area contributed by atoms with E-state index >= 15 is 0 Å². The highest BCUT2D eigenvalue weighted by atomic mass is 15.1. The highest BCUT2D eigenvalue weighted by Crippen LogP contribution is 1.98. The van der Waals surface area contributed by atoms with Gasteiger partial charge in [-0.05, 0) is 13.6 Å². The van der Waals surface area contributed by atoms with Crippen LogP contribution >= 0.6 is 0 Å². The van der Waals surface area contributed by atoms with E-state index < -0.39 is 0 Å². The topological polar surface area (TPSA) is 15.3 Å². The number of rotatable bonds is 2. The van der Waals surface area contributed by atoms with Gasteiger partial charge in [-0.15, -0.1) is 0 Å². The van der Waals surface area contributed by atoms with E-state index in [-0.39, 0.29) is 0 Å². The fraction of sp³-hybridized carbons (Fsp3) is 0.750. The van der Waals surface area contributed by atoms with E-state index in [1.807, 2.05) is 0 Å². The molecule has 1 aliphatic heterocycles. The fourth-order valence-electron chi connectivity index (χ4n) is 1.27. The smallest absolute Gasteiger partial charge is 0.0379 e. The summed E-state index contributed by atoms with van der Waals surface area (Å²) in [6.45, 7) is 5.44. The van der Waals surface area contributed by atoms with Crippen molar-refractivity contribution < 1.29 is 0 Å². The van der Waals surface area contributed by atoms with E-state index in [9.17, 15) is 0 Å². The van der Waals surface area contributed by atoms with Crippen molar-refractivity contribution in [3.8, 4) is 0 Å². The van der Waals surface area contributed by atoms with E-state index in [1.54, 1.807) is 0 Å². The lowest BCUT2D eigenvalue weighted by atomic mass is 10.2. The highest BCUT2D eigenvalue weighted by molar-refractivity contribution is 5.00. The minimum absolute atomic E-state index is 0.573. The quantitative estimate of drug-likeness (QED) is 0.561. The molecule has 1 aliphatic rings. The summed E-state index contributed by atoms with van der Waals surface area (Å²) in [5.74, 6) is 0. The Morgan fingerprint density at radius 3 is 3.10 bits per heavy atom. The molecule has 10 heavy (non-hydrogen) atoms. The van der Waals surface area contributed by atoms with Crippen molar-refractivity contribution in [1.82, 2.24) is 10.2 Å². The lowest BCUT2D eigenvalue weighted by molar-refractivity contribution is 0.324. The van der Waals surface area contributed by atoms with Crippen LogP contribution in [-0.2, 0) is 0 Å². The first-order chi connectivity index (χ1) is 4.83. The van der Waals surface area contributed by atoms with Gasteiger partial charge in [-0.25, -0.2) is 0 Å². The number of hydrogen-bond acceptors (Lipinski definition) is 2. The maximum absolute atomic E-state index is 3.39. The molecule has 1 rings (SSSR count). The molecule has 0 saturated heterocycles. The molecule has 0 aromatic rings. The monoisotopic (exact) mass is 140 g/mol. The van der Waals surface area contributed by atoms with Crippen LogP contribution in [0.4, 0.5) is 0 Å². The predicted molar refractivity (Wildman–Crippen MR) is 44.1 cm³/mol. The first-order valence-corrected chi connectivity index (χ1v) is 3.91. The van der Waals surface area contributed by atoms with Crippen molar-refractivity contribution >= 4 is 0 Å². The molecule has 0 saturated carbocycles. The molecule has 0 spiro atoms. The zero-order valence-electron chi connectivity index (χ0n) is 6.80. The highest BCUT2D eigenvalue weighted by Gasteiger charge is 2.09. The van der Waals surface area contributed by atoms with Gasteiger partial charge in [0.2, 0.25) is 0 Å². The zero-order valence-corrected chi connectivity index (χ0v) is 6.80. The summed E-state index contributed by atoms with van der Waals surface area (Å²) in [6, 6.07) is 0.573. The van der Waals surface area contributed by atoms with Gasteiger partial charge < -0.3 is 10.2 Å². The van der Waals surface area contributed by atoms with Crippen LogP contribution in [0, 0.1) is 0 Å². The lowest BCUT2D eigenvalue weighted by Crippen LogP contribution is -2.40. The number of likely N-dealkylation sites (N-methyl/N-ethyl adjacent to an activating group) is 2. The Balaban J connectivity index is 2.32. The Morgan fingerprint density at radius 2 is 2.50 bits per heavy atom. The van der Waals surface area contributed by atoms with Gasteiger partial charge in [0, 0.05) is 19.1 Å². The second kappa shape index (κ2) is 3.74. The van der Waals surface area contributed by atoms with Gasteiger partial charge in [-0.3, -0.25) is 0 Å². The van der Waals surface area contributed by atoms with Crippen LogP contribution in [-0.4, -0.2) is 37.6 Å². The van der Waals surface area contributed by atoms with Crippen LogP contribution in [0.3, 0.4) is 0 Å². The molecule has 0 bridgehead atoms. The van der Waals surface area contributed by atoms with E-state index in [2.05, 4.69) is 36.3 Å². The molecule has 0 aliphatic carbocycles. The maximum Gasteiger partial charge on any atom is 0.0379 e. The SMILES string of the molecule is CCNC1C=CCN(C)C1. The number of nitrogens with zero attached hydrogens (tertiary/aromatic N) is 1. The van der Waals surface area contributed by atoms with E-state index in [4.69, 9.17) is 0 Å². The molecular formula is C8H16N2. The van der Waals surface area contributed by atoms with Gasteiger partial charge in [0.05, 0.1) is 0 Å². The Labute approximate surface area is 62.9 Å². The minimum Gasteiger partial charge on any atom is -0.310 e. The Hall–Kier alpha value is -0.340. The second-order valence-corrected chi connectivity index (χ2v) is 2.81. The largest absolute Gasteiger partial charge is 0.310 e. The maximum atomic E-state index is 3.39. The molecular weight excluding hydrogens is 124 g/mol. The van der Waals surface area contributed by atoms with Crippen LogP contribution in [0.15, 0.2) is 12.2 Å². The normalized spacial score (nSPS) is 27.2. The molecule has 1 atom stereocenters. The Morgan fingerprint density at radius 1 is 1.70 bits per heavy atom. The summed E-state index contributed by atoms with van der Waals surface area (Å²) in [6.07, 6.45) is 4.47. The zero-order chi connectivity index (χ0) is 7.40. The molecule has 0 fully saturated rings. The van der Waals surface area contributed by atoms with Gasteiger partial charge in [-0.2, -0.15) is 0 Å². The third-order valence-electron chi connectivity index (χ3n) is 1.76. The van der Waals surface area contributed by atoms with Gasteiger partial charge >= 0.3 is 0 Å². The molecule has 0 aromatic heterocycles. The summed E-state index contributed by atoms with van der Waals surface area (Å²) in [4.78, 5) is 2.31. The molecule has 1 N–H and O–H groups in total. The Kier molecular flexibility index (Phi) is 2.90. The molecule has 2 heteroatoms. The first-order valence-electron chi connectivity index (χ1n) is 3.91. The average Bonchev–Trinajstić information content (AvgIpc) is 1.88. The molecule has 1 unspecified atom stereocenters. The summed E-state index contributed by atoms with van der Waals surface area (Å²) >= 11 is 0. The molecule has 2 nitrogen and oxygen atoms in total. The van der Waals surface area contributed by atoms with Gasteiger partial charge in [-0.1, -0.05) is 19.1 Å². The van der Waals surface area contributed by atoms with Gasteiger partial charge in [0.25, 0.3) is 0 Å². The summed E-state index contributed by atoms with van der Waals surface area (Å²) in [5.41, 5.74) is 0. The molecule has 58 valence electrons. The van der Waals surface area contributed by atoms with Crippen molar-refractivity contribution in [2.45, 2.75) is 13.0 Å². The third kappa shape index (κ3) is 2.12. The number of nitrogens with one attached hydrogen (secondary N) is 1. The van der Waals surface area contributed by atoms with Crippen LogP contribution in [0.5, 0.6) is 0 Å².